The molecule has 1 N–H and O–H groups in total. The van der Waals surface area contributed by atoms with Gasteiger partial charge in [-0.05, 0) is 23.6 Å². The smallest absolute Gasteiger partial charge is 0.287 e. The minimum absolute atomic E-state index is 0.00854. The van der Waals surface area contributed by atoms with Crippen molar-refractivity contribution in [3.8, 4) is 0 Å². The predicted octanol–water partition coefficient (Wildman–Crippen LogP) is 1.77. The van der Waals surface area contributed by atoms with Crippen molar-refractivity contribution in [1.29, 1.82) is 0 Å². The van der Waals surface area contributed by atoms with E-state index in [-0.39, 0.29) is 11.7 Å². The highest BCUT2D eigenvalue weighted by molar-refractivity contribution is 5.43. The third-order valence-corrected chi connectivity index (χ3v) is 5.22. The minimum atomic E-state index is -0.437. The maximum atomic E-state index is 10.7. The van der Waals surface area contributed by atoms with Crippen LogP contribution in [0.3, 0.4) is 0 Å². The fourth-order valence-electron chi connectivity index (χ4n) is 3.84. The van der Waals surface area contributed by atoms with Crippen LogP contribution in [0, 0.1) is 10.1 Å². The van der Waals surface area contributed by atoms with E-state index in [1.807, 2.05) is 18.2 Å². The van der Waals surface area contributed by atoms with Crippen LogP contribution in [0.25, 0.3) is 0 Å². The summed E-state index contributed by atoms with van der Waals surface area (Å²) in [6.45, 7) is 3.28. The molecule has 4 rings (SSSR count). The lowest BCUT2D eigenvalue weighted by Crippen LogP contribution is -2.51. The third kappa shape index (κ3) is 2.96. The van der Waals surface area contributed by atoms with Crippen LogP contribution < -0.4 is 4.90 Å². The molecule has 130 valence electrons. The van der Waals surface area contributed by atoms with E-state index in [0.29, 0.717) is 0 Å². The lowest BCUT2D eigenvalue weighted by atomic mass is 10.1. The molecule has 0 bridgehead atoms. The second-order valence-electron chi connectivity index (χ2n) is 6.57. The zero-order valence-corrected chi connectivity index (χ0v) is 13.8. The Hall–Kier alpha value is -2.51. The van der Waals surface area contributed by atoms with Gasteiger partial charge in [-0.1, -0.05) is 24.3 Å². The Morgan fingerprint density at radius 1 is 1.12 bits per heavy atom. The molecular weight excluding hydrogens is 320 g/mol. The van der Waals surface area contributed by atoms with Crippen molar-refractivity contribution in [2.45, 2.75) is 18.6 Å². The number of benzene rings is 1. The number of anilines is 1. The molecule has 1 aliphatic heterocycles. The van der Waals surface area contributed by atoms with Crippen molar-refractivity contribution in [2.24, 2.45) is 0 Å². The zero-order valence-electron chi connectivity index (χ0n) is 13.8. The summed E-state index contributed by atoms with van der Waals surface area (Å²) in [6, 6.07) is 11.4. The SMILES string of the molecule is O=[N+]([O-])c1ccc(N2CCN([C@H]3Cc4ccccc4[C@@H]3O)CC2)nc1. The van der Waals surface area contributed by atoms with E-state index in [4.69, 9.17) is 0 Å². The number of fused-ring (bicyclic) bond motifs is 1. The van der Waals surface area contributed by atoms with Gasteiger partial charge >= 0.3 is 0 Å². The maximum Gasteiger partial charge on any atom is 0.287 e. The summed E-state index contributed by atoms with van der Waals surface area (Å²) < 4.78 is 0. The molecule has 0 saturated carbocycles. The van der Waals surface area contributed by atoms with E-state index in [2.05, 4.69) is 20.9 Å². The van der Waals surface area contributed by atoms with Gasteiger partial charge in [0.15, 0.2) is 0 Å². The van der Waals surface area contributed by atoms with Crippen molar-refractivity contribution in [1.82, 2.24) is 9.88 Å². The largest absolute Gasteiger partial charge is 0.387 e. The Balaban J connectivity index is 1.40. The molecule has 1 aliphatic carbocycles. The van der Waals surface area contributed by atoms with E-state index in [1.54, 1.807) is 6.07 Å². The summed E-state index contributed by atoms with van der Waals surface area (Å²) in [5.74, 6) is 0.764. The van der Waals surface area contributed by atoms with E-state index in [9.17, 15) is 15.2 Å². The molecule has 2 atom stereocenters. The number of hydrogen-bond acceptors (Lipinski definition) is 6. The lowest BCUT2D eigenvalue weighted by molar-refractivity contribution is -0.385. The summed E-state index contributed by atoms with van der Waals surface area (Å²) in [6.07, 6.45) is 1.76. The summed E-state index contributed by atoms with van der Waals surface area (Å²) >= 11 is 0. The Bertz CT molecular complexity index is 772. The molecule has 7 nitrogen and oxygen atoms in total. The fourth-order valence-corrected chi connectivity index (χ4v) is 3.84. The van der Waals surface area contributed by atoms with Gasteiger partial charge in [0.1, 0.15) is 12.0 Å². The molecule has 0 spiro atoms. The van der Waals surface area contributed by atoms with Crippen LogP contribution in [0.2, 0.25) is 0 Å². The topological polar surface area (TPSA) is 82.7 Å². The number of aromatic nitrogens is 1. The number of piperazine rings is 1. The molecule has 1 aromatic heterocycles. The molecule has 2 aromatic rings. The van der Waals surface area contributed by atoms with Crippen LogP contribution >= 0.6 is 0 Å². The summed E-state index contributed by atoms with van der Waals surface area (Å²) in [4.78, 5) is 19.0. The number of nitro groups is 1. The Labute approximate surface area is 145 Å². The first-order valence-corrected chi connectivity index (χ1v) is 8.49. The van der Waals surface area contributed by atoms with Crippen LogP contribution in [-0.2, 0) is 6.42 Å². The van der Waals surface area contributed by atoms with Crippen molar-refractivity contribution >= 4 is 11.5 Å². The lowest BCUT2D eigenvalue weighted by Gasteiger charge is -2.39. The molecule has 7 heteroatoms. The monoisotopic (exact) mass is 340 g/mol. The summed E-state index contributed by atoms with van der Waals surface area (Å²) in [7, 11) is 0. The van der Waals surface area contributed by atoms with Gasteiger partial charge in [0, 0.05) is 38.3 Å². The molecule has 2 heterocycles. The van der Waals surface area contributed by atoms with Crippen molar-refractivity contribution in [2.75, 3.05) is 31.1 Å². The van der Waals surface area contributed by atoms with Gasteiger partial charge in [-0.25, -0.2) is 4.98 Å². The van der Waals surface area contributed by atoms with Crippen LogP contribution in [-0.4, -0.2) is 52.1 Å². The average molecular weight is 340 g/mol. The number of aliphatic hydroxyl groups is 1. The maximum absolute atomic E-state index is 10.7. The highest BCUT2D eigenvalue weighted by Gasteiger charge is 2.36. The molecule has 0 radical (unpaired) electrons. The van der Waals surface area contributed by atoms with Crippen molar-refractivity contribution < 1.29 is 10.0 Å². The second kappa shape index (κ2) is 6.42. The van der Waals surface area contributed by atoms with Crippen molar-refractivity contribution in [3.05, 3.63) is 63.8 Å². The van der Waals surface area contributed by atoms with Gasteiger partial charge in [0.05, 0.1) is 11.0 Å². The Kier molecular flexibility index (Phi) is 4.10. The molecule has 1 saturated heterocycles. The number of nitrogens with zero attached hydrogens (tertiary/aromatic N) is 4. The minimum Gasteiger partial charge on any atom is -0.387 e. The molecular formula is C18H20N4O3. The van der Waals surface area contributed by atoms with E-state index >= 15 is 0 Å². The first-order chi connectivity index (χ1) is 12.1. The highest BCUT2D eigenvalue weighted by Crippen LogP contribution is 2.34. The second-order valence-corrected chi connectivity index (χ2v) is 6.57. The number of hydrogen-bond donors (Lipinski definition) is 1. The van der Waals surface area contributed by atoms with E-state index in [1.165, 1.54) is 17.8 Å². The van der Waals surface area contributed by atoms with Crippen molar-refractivity contribution in [3.63, 3.8) is 0 Å². The quantitative estimate of drug-likeness (QED) is 0.677. The number of rotatable bonds is 3. The average Bonchev–Trinajstić information content (AvgIpc) is 2.99. The molecule has 0 unspecified atom stereocenters. The third-order valence-electron chi connectivity index (χ3n) is 5.22. The van der Waals surface area contributed by atoms with Crippen LogP contribution in [0.15, 0.2) is 42.6 Å². The number of pyridine rings is 1. The Morgan fingerprint density at radius 3 is 2.52 bits per heavy atom. The number of aliphatic hydroxyl groups excluding tert-OH is 1. The van der Waals surface area contributed by atoms with E-state index < -0.39 is 11.0 Å². The predicted molar refractivity (Wildman–Crippen MR) is 93.6 cm³/mol. The van der Waals surface area contributed by atoms with Crippen LogP contribution in [0.1, 0.15) is 17.2 Å². The van der Waals surface area contributed by atoms with Gasteiger partial charge < -0.3 is 10.0 Å². The Morgan fingerprint density at radius 2 is 1.88 bits per heavy atom. The molecule has 2 aliphatic rings. The van der Waals surface area contributed by atoms with E-state index in [0.717, 1.165) is 44.0 Å². The fraction of sp³-hybridized carbons (Fsp3) is 0.389. The van der Waals surface area contributed by atoms with Crippen LogP contribution in [0.5, 0.6) is 0 Å². The molecule has 1 aromatic carbocycles. The van der Waals surface area contributed by atoms with Gasteiger partial charge in [-0.2, -0.15) is 0 Å². The van der Waals surface area contributed by atoms with Gasteiger partial charge in [-0.15, -0.1) is 0 Å². The zero-order chi connectivity index (χ0) is 17.4. The standard InChI is InChI=1S/C18H20N4O3/c23-18-15-4-2-1-3-13(15)11-16(18)20-7-9-21(10-8-20)17-6-5-14(12-19-17)22(24)25/h1-6,12,16,18,23H,7-11H2/t16-,18-/m0/s1. The van der Waals surface area contributed by atoms with Gasteiger partial charge in [-0.3, -0.25) is 15.0 Å². The molecule has 1 fully saturated rings. The molecule has 25 heavy (non-hydrogen) atoms. The molecule has 0 amide bonds. The first kappa shape index (κ1) is 16.0. The highest BCUT2D eigenvalue weighted by atomic mass is 16.6. The normalized spacial score (nSPS) is 23.5. The first-order valence-electron chi connectivity index (χ1n) is 8.49. The van der Waals surface area contributed by atoms with Gasteiger partial charge in [0.2, 0.25) is 0 Å². The van der Waals surface area contributed by atoms with Crippen LogP contribution in [0.4, 0.5) is 11.5 Å². The summed E-state index contributed by atoms with van der Waals surface area (Å²) in [5, 5.41) is 21.4. The van der Waals surface area contributed by atoms with Gasteiger partial charge in [0.25, 0.3) is 5.69 Å². The summed E-state index contributed by atoms with van der Waals surface area (Å²) in [5.41, 5.74) is 2.29.